The molecule has 1 aromatic carbocycles. The van der Waals surface area contributed by atoms with Crippen molar-refractivity contribution in [3.05, 3.63) is 39.4 Å². The van der Waals surface area contributed by atoms with Gasteiger partial charge in [0.25, 0.3) is 0 Å². The van der Waals surface area contributed by atoms with Gasteiger partial charge in [0.05, 0.1) is 7.11 Å². The Hall–Kier alpha value is -1.92. The third kappa shape index (κ3) is 3.22. The Kier molecular flexibility index (Phi) is 4.59. The molecule has 7 heteroatoms. The first-order chi connectivity index (χ1) is 9.93. The van der Waals surface area contributed by atoms with Crippen molar-refractivity contribution in [1.82, 2.24) is 4.98 Å². The van der Waals surface area contributed by atoms with E-state index in [-0.39, 0.29) is 16.4 Å². The summed E-state index contributed by atoms with van der Waals surface area (Å²) in [7, 11) is 1.25. The fourth-order valence-electron chi connectivity index (χ4n) is 1.71. The van der Waals surface area contributed by atoms with Gasteiger partial charge >= 0.3 is 5.97 Å². The van der Waals surface area contributed by atoms with Gasteiger partial charge in [-0.15, -0.1) is 0 Å². The average molecular weight is 325 g/mol. The Labute approximate surface area is 130 Å². The number of Topliss-reactive ketones (excluding diaryl/α,β-unsaturated/α-hetero) is 1. The van der Waals surface area contributed by atoms with Crippen molar-refractivity contribution < 1.29 is 14.3 Å². The lowest BCUT2D eigenvalue weighted by molar-refractivity contribution is 0.0591. The number of hydrogen-bond acceptors (Lipinski definition) is 6. The molecular formula is C14H13ClN2O3S. The molecule has 0 saturated heterocycles. The number of nitrogens with one attached hydrogen (secondary N) is 1. The van der Waals surface area contributed by atoms with Gasteiger partial charge in [-0.2, -0.15) is 0 Å². The number of carbonyl (C=O) groups is 2. The molecule has 5 nitrogen and oxygen atoms in total. The van der Waals surface area contributed by atoms with Crippen LogP contribution in [-0.4, -0.2) is 23.8 Å². The first kappa shape index (κ1) is 15.5. The predicted octanol–water partition coefficient (Wildman–Crippen LogP) is 3.84. The summed E-state index contributed by atoms with van der Waals surface area (Å²) in [4.78, 5) is 27.6. The number of ether oxygens (including phenoxy) is 1. The predicted molar refractivity (Wildman–Crippen MR) is 82.9 cm³/mol. The van der Waals surface area contributed by atoms with Gasteiger partial charge in [0, 0.05) is 17.6 Å². The van der Waals surface area contributed by atoms with Gasteiger partial charge in [-0.05, 0) is 24.6 Å². The number of methoxy groups -OCH3 is 1. The molecule has 110 valence electrons. The number of rotatable bonds is 4. The molecule has 0 spiro atoms. The fourth-order valence-corrected chi connectivity index (χ4v) is 2.74. The zero-order valence-corrected chi connectivity index (χ0v) is 13.3. The summed E-state index contributed by atoms with van der Waals surface area (Å²) in [6.07, 6.45) is 0. The zero-order valence-electron chi connectivity index (χ0n) is 11.7. The summed E-state index contributed by atoms with van der Waals surface area (Å²) < 4.78 is 4.64. The standard InChI is InChI=1S/C14H13ClN2O3S/c1-7-9(15)5-4-6-10(7)16-14-17-11(13(19)20-3)12(21-14)8(2)18/h4-6H,1-3H3,(H,16,17). The van der Waals surface area contributed by atoms with Crippen molar-refractivity contribution >= 4 is 45.5 Å². The monoisotopic (exact) mass is 324 g/mol. The Morgan fingerprint density at radius 1 is 1.38 bits per heavy atom. The molecule has 1 heterocycles. The van der Waals surface area contributed by atoms with Crippen LogP contribution in [-0.2, 0) is 4.74 Å². The minimum Gasteiger partial charge on any atom is -0.464 e. The topological polar surface area (TPSA) is 68.3 Å². The molecule has 0 bridgehead atoms. The maximum absolute atomic E-state index is 11.6. The molecule has 0 aliphatic heterocycles. The van der Waals surface area contributed by atoms with E-state index in [1.165, 1.54) is 14.0 Å². The third-order valence-corrected chi connectivity index (χ3v) is 4.32. The average Bonchev–Trinajstić information content (AvgIpc) is 2.87. The van der Waals surface area contributed by atoms with E-state index in [1.54, 1.807) is 12.1 Å². The summed E-state index contributed by atoms with van der Waals surface area (Å²) in [5, 5.41) is 4.13. The van der Waals surface area contributed by atoms with Crippen LogP contribution in [0.4, 0.5) is 10.8 Å². The number of nitrogens with zero attached hydrogens (tertiary/aromatic N) is 1. The highest BCUT2D eigenvalue weighted by Crippen LogP contribution is 2.30. The quantitative estimate of drug-likeness (QED) is 0.683. The Bertz CT molecular complexity index is 712. The largest absolute Gasteiger partial charge is 0.464 e. The van der Waals surface area contributed by atoms with Gasteiger partial charge in [-0.1, -0.05) is 29.0 Å². The van der Waals surface area contributed by atoms with Crippen molar-refractivity contribution in [2.45, 2.75) is 13.8 Å². The molecule has 0 aliphatic carbocycles. The molecule has 0 unspecified atom stereocenters. The number of ketones is 1. The minimum absolute atomic E-state index is 0.0252. The SMILES string of the molecule is COC(=O)c1nc(Nc2cccc(Cl)c2C)sc1C(C)=O. The number of esters is 1. The summed E-state index contributed by atoms with van der Waals surface area (Å²) in [5.74, 6) is -0.865. The fraction of sp³-hybridized carbons (Fsp3) is 0.214. The molecule has 1 N–H and O–H groups in total. The van der Waals surface area contributed by atoms with E-state index >= 15 is 0 Å². The van der Waals surface area contributed by atoms with Crippen molar-refractivity contribution in [3.8, 4) is 0 Å². The Balaban J connectivity index is 2.39. The molecule has 0 fully saturated rings. The van der Waals surface area contributed by atoms with E-state index in [1.807, 2.05) is 13.0 Å². The normalized spacial score (nSPS) is 10.3. The molecule has 0 aliphatic rings. The smallest absolute Gasteiger partial charge is 0.358 e. The van der Waals surface area contributed by atoms with Crippen LogP contribution in [0.25, 0.3) is 0 Å². The number of hydrogen-bond donors (Lipinski definition) is 1. The van der Waals surface area contributed by atoms with E-state index in [0.717, 1.165) is 22.6 Å². The van der Waals surface area contributed by atoms with E-state index in [2.05, 4.69) is 15.0 Å². The van der Waals surface area contributed by atoms with Crippen LogP contribution in [0.2, 0.25) is 5.02 Å². The van der Waals surface area contributed by atoms with Gasteiger partial charge in [-0.3, -0.25) is 4.79 Å². The number of aromatic nitrogens is 1. The molecule has 0 atom stereocenters. The number of benzene rings is 1. The van der Waals surface area contributed by atoms with Crippen LogP contribution in [0.5, 0.6) is 0 Å². The summed E-state index contributed by atoms with van der Waals surface area (Å²) in [6, 6.07) is 5.43. The molecule has 1 aromatic heterocycles. The second kappa shape index (κ2) is 6.24. The number of halogens is 1. The van der Waals surface area contributed by atoms with Crippen molar-refractivity contribution in [1.29, 1.82) is 0 Å². The maximum atomic E-state index is 11.6. The van der Waals surface area contributed by atoms with Gasteiger partial charge in [-0.25, -0.2) is 9.78 Å². The highest BCUT2D eigenvalue weighted by molar-refractivity contribution is 7.17. The first-order valence-electron chi connectivity index (χ1n) is 6.06. The second-order valence-electron chi connectivity index (χ2n) is 4.28. The van der Waals surface area contributed by atoms with Crippen LogP contribution in [0, 0.1) is 6.92 Å². The van der Waals surface area contributed by atoms with Crippen molar-refractivity contribution in [3.63, 3.8) is 0 Å². The summed E-state index contributed by atoms with van der Waals surface area (Å²) >= 11 is 7.16. The summed E-state index contributed by atoms with van der Waals surface area (Å²) in [5.41, 5.74) is 1.65. The number of carbonyl (C=O) groups excluding carboxylic acids is 2. The third-order valence-electron chi connectivity index (χ3n) is 2.83. The van der Waals surface area contributed by atoms with Crippen molar-refractivity contribution in [2.24, 2.45) is 0 Å². The first-order valence-corrected chi connectivity index (χ1v) is 7.25. The highest BCUT2D eigenvalue weighted by Gasteiger charge is 2.22. The molecule has 2 aromatic rings. The van der Waals surface area contributed by atoms with E-state index < -0.39 is 5.97 Å². The van der Waals surface area contributed by atoms with E-state index in [0.29, 0.717) is 10.2 Å². The molecule has 21 heavy (non-hydrogen) atoms. The molecule has 2 rings (SSSR count). The number of thiazole rings is 1. The second-order valence-corrected chi connectivity index (χ2v) is 5.69. The van der Waals surface area contributed by atoms with Crippen LogP contribution < -0.4 is 5.32 Å². The van der Waals surface area contributed by atoms with Gasteiger partial charge in [0.1, 0.15) is 4.88 Å². The Morgan fingerprint density at radius 2 is 2.10 bits per heavy atom. The molecule has 0 amide bonds. The maximum Gasteiger partial charge on any atom is 0.358 e. The van der Waals surface area contributed by atoms with Crippen LogP contribution >= 0.6 is 22.9 Å². The van der Waals surface area contributed by atoms with Gasteiger partial charge in [0.15, 0.2) is 16.6 Å². The highest BCUT2D eigenvalue weighted by atomic mass is 35.5. The van der Waals surface area contributed by atoms with E-state index in [9.17, 15) is 9.59 Å². The summed E-state index contributed by atoms with van der Waals surface area (Å²) in [6.45, 7) is 3.25. The van der Waals surface area contributed by atoms with Crippen molar-refractivity contribution in [2.75, 3.05) is 12.4 Å². The van der Waals surface area contributed by atoms with Gasteiger partial charge < -0.3 is 10.1 Å². The Morgan fingerprint density at radius 3 is 2.71 bits per heavy atom. The lowest BCUT2D eigenvalue weighted by Gasteiger charge is -2.07. The lowest BCUT2D eigenvalue weighted by Crippen LogP contribution is -2.07. The lowest BCUT2D eigenvalue weighted by atomic mass is 10.2. The van der Waals surface area contributed by atoms with Crippen LogP contribution in [0.1, 0.15) is 32.6 Å². The molecular weight excluding hydrogens is 312 g/mol. The zero-order chi connectivity index (χ0) is 15.6. The van der Waals surface area contributed by atoms with Crippen LogP contribution in [0.15, 0.2) is 18.2 Å². The minimum atomic E-state index is -0.632. The number of anilines is 2. The molecule has 0 radical (unpaired) electrons. The van der Waals surface area contributed by atoms with E-state index in [4.69, 9.17) is 11.6 Å². The van der Waals surface area contributed by atoms with Gasteiger partial charge in [0.2, 0.25) is 0 Å². The van der Waals surface area contributed by atoms with Crippen LogP contribution in [0.3, 0.4) is 0 Å². The molecule has 0 saturated carbocycles.